The van der Waals surface area contributed by atoms with Gasteiger partial charge in [0.25, 0.3) is 0 Å². The molecule has 6 heteroatoms. The molecule has 2 N–H and O–H groups in total. The number of aromatic hydroxyl groups is 1. The van der Waals surface area contributed by atoms with E-state index in [1.54, 1.807) is 12.1 Å². The Morgan fingerprint density at radius 3 is 3.00 bits per heavy atom. The summed E-state index contributed by atoms with van der Waals surface area (Å²) in [7, 11) is 0. The molecular formula is C10H5N5O. The van der Waals surface area contributed by atoms with E-state index in [0.717, 1.165) is 0 Å². The van der Waals surface area contributed by atoms with Crippen LogP contribution >= 0.6 is 0 Å². The monoisotopic (exact) mass is 211 g/mol. The Morgan fingerprint density at radius 2 is 2.19 bits per heavy atom. The van der Waals surface area contributed by atoms with Crippen molar-refractivity contribution in [2.45, 2.75) is 0 Å². The summed E-state index contributed by atoms with van der Waals surface area (Å²) in [5.74, 6) is 0.134. The lowest BCUT2D eigenvalue weighted by Crippen LogP contribution is -1.86. The molecule has 0 spiro atoms. The van der Waals surface area contributed by atoms with Crippen LogP contribution in [0.4, 0.5) is 0 Å². The normalized spacial score (nSPS) is 10.7. The van der Waals surface area contributed by atoms with E-state index >= 15 is 0 Å². The van der Waals surface area contributed by atoms with Gasteiger partial charge in [0.1, 0.15) is 17.3 Å². The molecule has 0 fully saturated rings. The minimum atomic E-state index is 0.134. The second kappa shape index (κ2) is 2.90. The number of fused-ring (bicyclic) bond motifs is 3. The first-order valence-corrected chi connectivity index (χ1v) is 4.53. The van der Waals surface area contributed by atoms with E-state index in [2.05, 4.69) is 20.4 Å². The van der Waals surface area contributed by atoms with Crippen LogP contribution in [0.3, 0.4) is 0 Å². The molecule has 16 heavy (non-hydrogen) atoms. The van der Waals surface area contributed by atoms with E-state index in [0.29, 0.717) is 21.9 Å². The van der Waals surface area contributed by atoms with Gasteiger partial charge in [-0.3, -0.25) is 5.10 Å². The molecule has 0 saturated heterocycles. The number of phenolic OH excluding ortho intramolecular Hbond substituents is 1. The molecule has 0 radical (unpaired) electrons. The Labute approximate surface area is 89.2 Å². The third-order valence-corrected chi connectivity index (χ3v) is 2.35. The van der Waals surface area contributed by atoms with Crippen LogP contribution < -0.4 is 0 Å². The van der Waals surface area contributed by atoms with Crippen LogP contribution in [0.25, 0.3) is 21.9 Å². The van der Waals surface area contributed by atoms with Crippen molar-refractivity contribution in [2.75, 3.05) is 0 Å². The molecule has 6 nitrogen and oxygen atoms in total. The number of nitrogens with zero attached hydrogens (tertiary/aromatic N) is 4. The van der Waals surface area contributed by atoms with Gasteiger partial charge >= 0.3 is 0 Å². The van der Waals surface area contributed by atoms with Crippen molar-refractivity contribution in [3.63, 3.8) is 0 Å². The number of H-pyrrole nitrogens is 1. The van der Waals surface area contributed by atoms with Crippen LogP contribution in [0, 0.1) is 11.3 Å². The number of hydrogen-bond acceptors (Lipinski definition) is 5. The average Bonchev–Trinajstić information content (AvgIpc) is 2.72. The van der Waals surface area contributed by atoms with Gasteiger partial charge in [0, 0.05) is 5.39 Å². The summed E-state index contributed by atoms with van der Waals surface area (Å²) in [6, 6.07) is 6.67. The molecule has 0 unspecified atom stereocenters. The van der Waals surface area contributed by atoms with Gasteiger partial charge in [-0.15, -0.1) is 10.2 Å². The van der Waals surface area contributed by atoms with Crippen LogP contribution in [0.5, 0.6) is 5.75 Å². The first-order valence-electron chi connectivity index (χ1n) is 4.53. The molecule has 2 heterocycles. The number of rotatable bonds is 0. The Morgan fingerprint density at radius 1 is 1.31 bits per heavy atom. The van der Waals surface area contributed by atoms with E-state index in [4.69, 9.17) is 5.26 Å². The molecule has 0 atom stereocenters. The second-order valence-corrected chi connectivity index (χ2v) is 3.31. The van der Waals surface area contributed by atoms with E-state index in [9.17, 15) is 5.11 Å². The lowest BCUT2D eigenvalue weighted by molar-refractivity contribution is 0.476. The van der Waals surface area contributed by atoms with E-state index in [-0.39, 0.29) is 11.4 Å². The molecule has 2 aromatic heterocycles. The summed E-state index contributed by atoms with van der Waals surface area (Å²) in [5.41, 5.74) is 1.87. The topological polar surface area (TPSA) is 98.5 Å². The van der Waals surface area contributed by atoms with Crippen molar-refractivity contribution in [2.24, 2.45) is 0 Å². The summed E-state index contributed by atoms with van der Waals surface area (Å²) in [4.78, 5) is 0. The smallest absolute Gasteiger partial charge is 0.190 e. The highest BCUT2D eigenvalue weighted by atomic mass is 16.3. The molecule has 0 aliphatic heterocycles. The maximum Gasteiger partial charge on any atom is 0.190 e. The minimum absolute atomic E-state index is 0.134. The fourth-order valence-corrected chi connectivity index (χ4v) is 1.61. The van der Waals surface area contributed by atoms with Crippen LogP contribution in [-0.2, 0) is 0 Å². The highest BCUT2D eigenvalue weighted by molar-refractivity contribution is 6.02. The zero-order valence-corrected chi connectivity index (χ0v) is 7.97. The Balaban J connectivity index is 2.54. The van der Waals surface area contributed by atoms with Crippen molar-refractivity contribution >= 4 is 21.9 Å². The lowest BCUT2D eigenvalue weighted by atomic mass is 10.2. The third-order valence-electron chi connectivity index (χ3n) is 2.35. The van der Waals surface area contributed by atoms with Gasteiger partial charge in [-0.1, -0.05) is 0 Å². The number of hydrogen-bond donors (Lipinski definition) is 2. The highest BCUT2D eigenvalue weighted by Gasteiger charge is 2.10. The van der Waals surface area contributed by atoms with Crippen molar-refractivity contribution in [3.8, 4) is 11.8 Å². The first kappa shape index (κ1) is 8.61. The van der Waals surface area contributed by atoms with Gasteiger partial charge in [0.2, 0.25) is 0 Å². The summed E-state index contributed by atoms with van der Waals surface area (Å²) in [6.45, 7) is 0. The molecular weight excluding hydrogens is 206 g/mol. The van der Waals surface area contributed by atoms with Gasteiger partial charge in [-0.2, -0.15) is 10.4 Å². The number of phenols is 1. The second-order valence-electron chi connectivity index (χ2n) is 3.31. The summed E-state index contributed by atoms with van der Waals surface area (Å²) in [6.07, 6.45) is 0. The number of nitriles is 1. The molecule has 3 rings (SSSR count). The minimum Gasteiger partial charge on any atom is -0.508 e. The van der Waals surface area contributed by atoms with E-state index in [1.165, 1.54) is 6.07 Å². The summed E-state index contributed by atoms with van der Waals surface area (Å²) < 4.78 is 0. The van der Waals surface area contributed by atoms with Crippen molar-refractivity contribution in [1.29, 1.82) is 5.26 Å². The molecule has 1 aromatic carbocycles. The Kier molecular flexibility index (Phi) is 1.56. The standard InChI is InChI=1S/C10H5N5O/c11-4-8-10-9(14-13-8)6-3-5(16)1-2-7(6)12-15-10/h1-3,16H,(H,13,14). The number of nitrogens with one attached hydrogen (secondary N) is 1. The molecule has 0 bridgehead atoms. The summed E-state index contributed by atoms with van der Waals surface area (Å²) >= 11 is 0. The van der Waals surface area contributed by atoms with Gasteiger partial charge < -0.3 is 5.11 Å². The fourth-order valence-electron chi connectivity index (χ4n) is 1.61. The molecule has 0 aliphatic rings. The van der Waals surface area contributed by atoms with Crippen molar-refractivity contribution in [1.82, 2.24) is 20.4 Å². The highest BCUT2D eigenvalue weighted by Crippen LogP contribution is 2.24. The molecule has 0 amide bonds. The lowest BCUT2D eigenvalue weighted by Gasteiger charge is -1.97. The molecule has 0 aliphatic carbocycles. The van der Waals surface area contributed by atoms with Crippen LogP contribution in [0.2, 0.25) is 0 Å². The summed E-state index contributed by atoms with van der Waals surface area (Å²) in [5, 5.41) is 33.3. The maximum atomic E-state index is 9.41. The van der Waals surface area contributed by atoms with Crippen LogP contribution in [-0.4, -0.2) is 25.5 Å². The molecule has 0 saturated carbocycles. The molecule has 3 aromatic rings. The molecule has 76 valence electrons. The Bertz CT molecular complexity index is 740. The first-order chi connectivity index (χ1) is 7.79. The van der Waals surface area contributed by atoms with Gasteiger partial charge in [-0.05, 0) is 18.2 Å². The number of aromatic amines is 1. The van der Waals surface area contributed by atoms with E-state index < -0.39 is 0 Å². The zero-order chi connectivity index (χ0) is 11.1. The zero-order valence-electron chi connectivity index (χ0n) is 7.97. The van der Waals surface area contributed by atoms with Crippen LogP contribution in [0.15, 0.2) is 18.2 Å². The predicted octanol–water partition coefficient (Wildman–Crippen LogP) is 1.08. The van der Waals surface area contributed by atoms with Crippen LogP contribution in [0.1, 0.15) is 5.69 Å². The van der Waals surface area contributed by atoms with E-state index in [1.807, 2.05) is 6.07 Å². The van der Waals surface area contributed by atoms with Crippen molar-refractivity contribution in [3.05, 3.63) is 23.9 Å². The van der Waals surface area contributed by atoms with Gasteiger partial charge in [0.05, 0.1) is 11.0 Å². The number of benzene rings is 1. The predicted molar refractivity (Wildman–Crippen MR) is 55.6 cm³/mol. The average molecular weight is 211 g/mol. The Hall–Kier alpha value is -2.68. The number of aromatic nitrogens is 4. The van der Waals surface area contributed by atoms with Gasteiger partial charge in [-0.25, -0.2) is 0 Å². The van der Waals surface area contributed by atoms with Gasteiger partial charge in [0.15, 0.2) is 5.69 Å². The quantitative estimate of drug-likeness (QED) is 0.579. The largest absolute Gasteiger partial charge is 0.508 e. The maximum absolute atomic E-state index is 9.41. The van der Waals surface area contributed by atoms with Crippen molar-refractivity contribution < 1.29 is 5.11 Å². The fraction of sp³-hybridized carbons (Fsp3) is 0. The third kappa shape index (κ3) is 1.02. The SMILES string of the molecule is N#Cc1n[nH]c2c1nnc1ccc(O)cc12.